The normalized spacial score (nSPS) is 10.6. The van der Waals surface area contributed by atoms with Crippen molar-refractivity contribution in [2.75, 3.05) is 52.9 Å². The molecule has 126 valence electrons. The van der Waals surface area contributed by atoms with Gasteiger partial charge in [0, 0.05) is 39.3 Å². The van der Waals surface area contributed by atoms with Crippen LogP contribution in [0.3, 0.4) is 0 Å². The quantitative estimate of drug-likeness (QED) is 0.342. The number of unbranched alkanes of at least 4 members (excludes halogenated alkanes) is 1. The van der Waals surface area contributed by atoms with Crippen LogP contribution in [0.15, 0.2) is 0 Å². The van der Waals surface area contributed by atoms with E-state index in [1.165, 1.54) is 0 Å². The lowest BCUT2D eigenvalue weighted by Crippen LogP contribution is -2.12. The lowest BCUT2D eigenvalue weighted by atomic mass is 10.4. The SMILES string of the molecule is CCCCOCCCOC(=O)OCCCOCCOCC. The van der Waals surface area contributed by atoms with Crippen molar-refractivity contribution in [1.82, 2.24) is 0 Å². The molecule has 0 aromatic carbocycles. The van der Waals surface area contributed by atoms with Gasteiger partial charge in [0.25, 0.3) is 0 Å². The van der Waals surface area contributed by atoms with Gasteiger partial charge in [-0.25, -0.2) is 4.79 Å². The van der Waals surface area contributed by atoms with E-state index in [1.807, 2.05) is 6.92 Å². The highest BCUT2D eigenvalue weighted by Gasteiger charge is 2.03. The van der Waals surface area contributed by atoms with Crippen molar-refractivity contribution in [2.24, 2.45) is 0 Å². The van der Waals surface area contributed by atoms with Crippen molar-refractivity contribution in [3.05, 3.63) is 0 Å². The molecule has 0 heterocycles. The van der Waals surface area contributed by atoms with E-state index in [1.54, 1.807) is 0 Å². The summed E-state index contributed by atoms with van der Waals surface area (Å²) in [5.74, 6) is 0. The molecule has 0 aliphatic carbocycles. The molecule has 0 N–H and O–H groups in total. The molecule has 0 aliphatic rings. The minimum absolute atomic E-state index is 0.306. The molecule has 0 aliphatic heterocycles. The van der Waals surface area contributed by atoms with Gasteiger partial charge in [0.05, 0.1) is 26.4 Å². The number of ether oxygens (including phenoxy) is 5. The predicted octanol–water partition coefficient (Wildman–Crippen LogP) is 2.79. The summed E-state index contributed by atoms with van der Waals surface area (Å²) in [6.07, 6.45) is 2.91. The van der Waals surface area contributed by atoms with Gasteiger partial charge in [-0.3, -0.25) is 0 Å². The Morgan fingerprint density at radius 3 is 1.76 bits per heavy atom. The summed E-state index contributed by atoms with van der Waals surface area (Å²) < 4.78 is 25.6. The monoisotopic (exact) mass is 306 g/mol. The summed E-state index contributed by atoms with van der Waals surface area (Å²) >= 11 is 0. The van der Waals surface area contributed by atoms with Crippen molar-refractivity contribution in [3.8, 4) is 0 Å². The minimum atomic E-state index is -0.627. The van der Waals surface area contributed by atoms with E-state index in [2.05, 4.69) is 6.92 Å². The molecule has 0 spiro atoms. The molecule has 6 heteroatoms. The van der Waals surface area contributed by atoms with Gasteiger partial charge in [-0.15, -0.1) is 0 Å². The van der Waals surface area contributed by atoms with Crippen molar-refractivity contribution in [1.29, 1.82) is 0 Å². The second-order valence-electron chi connectivity index (χ2n) is 4.43. The first-order valence-electron chi connectivity index (χ1n) is 7.84. The Bertz CT molecular complexity index is 222. The van der Waals surface area contributed by atoms with Crippen LogP contribution in [0, 0.1) is 0 Å². The van der Waals surface area contributed by atoms with Crippen LogP contribution in [-0.2, 0) is 23.7 Å². The average Bonchev–Trinajstić information content (AvgIpc) is 2.49. The summed E-state index contributed by atoms with van der Waals surface area (Å²) in [5, 5.41) is 0. The molecule has 0 aromatic heterocycles. The molecule has 0 saturated heterocycles. The second-order valence-corrected chi connectivity index (χ2v) is 4.43. The Morgan fingerprint density at radius 1 is 0.667 bits per heavy atom. The summed E-state index contributed by atoms with van der Waals surface area (Å²) in [5.41, 5.74) is 0. The van der Waals surface area contributed by atoms with Gasteiger partial charge in [-0.05, 0) is 13.3 Å². The average molecular weight is 306 g/mol. The number of hydrogen-bond acceptors (Lipinski definition) is 6. The minimum Gasteiger partial charge on any atom is -0.434 e. The van der Waals surface area contributed by atoms with E-state index in [0.717, 1.165) is 19.4 Å². The fourth-order valence-corrected chi connectivity index (χ4v) is 1.39. The van der Waals surface area contributed by atoms with Crippen molar-refractivity contribution in [3.63, 3.8) is 0 Å². The fraction of sp³-hybridized carbons (Fsp3) is 0.933. The molecule has 0 amide bonds. The first kappa shape index (κ1) is 20.1. The van der Waals surface area contributed by atoms with Crippen LogP contribution in [-0.4, -0.2) is 59.0 Å². The van der Waals surface area contributed by atoms with Gasteiger partial charge in [0.2, 0.25) is 0 Å². The Kier molecular flexibility index (Phi) is 16.5. The maximum atomic E-state index is 11.2. The third-order valence-corrected chi connectivity index (χ3v) is 2.52. The van der Waals surface area contributed by atoms with Gasteiger partial charge in [-0.2, -0.15) is 0 Å². The fourth-order valence-electron chi connectivity index (χ4n) is 1.39. The van der Waals surface area contributed by atoms with Crippen LogP contribution in [0.1, 0.15) is 39.5 Å². The van der Waals surface area contributed by atoms with E-state index in [0.29, 0.717) is 59.1 Å². The third-order valence-electron chi connectivity index (χ3n) is 2.52. The lowest BCUT2D eigenvalue weighted by molar-refractivity contribution is 0.0274. The molecule has 0 fully saturated rings. The summed E-state index contributed by atoms with van der Waals surface area (Å²) in [7, 11) is 0. The molecule has 0 atom stereocenters. The zero-order valence-electron chi connectivity index (χ0n) is 13.4. The molecule has 0 saturated carbocycles. The molecule has 21 heavy (non-hydrogen) atoms. The molecule has 0 unspecified atom stereocenters. The Hall–Kier alpha value is -0.850. The maximum absolute atomic E-state index is 11.2. The van der Waals surface area contributed by atoms with E-state index in [-0.39, 0.29) is 0 Å². The van der Waals surface area contributed by atoms with Crippen molar-refractivity contribution in [2.45, 2.75) is 39.5 Å². The van der Waals surface area contributed by atoms with E-state index in [9.17, 15) is 4.79 Å². The van der Waals surface area contributed by atoms with Crippen molar-refractivity contribution >= 4 is 6.16 Å². The molecule has 0 bridgehead atoms. The first-order valence-corrected chi connectivity index (χ1v) is 7.84. The predicted molar refractivity (Wildman–Crippen MR) is 79.6 cm³/mol. The van der Waals surface area contributed by atoms with Crippen LogP contribution in [0.2, 0.25) is 0 Å². The van der Waals surface area contributed by atoms with E-state index < -0.39 is 6.16 Å². The summed E-state index contributed by atoms with van der Waals surface area (Å²) in [4.78, 5) is 11.2. The van der Waals surface area contributed by atoms with Gasteiger partial charge >= 0.3 is 6.16 Å². The number of carbonyl (C=O) groups excluding carboxylic acids is 1. The maximum Gasteiger partial charge on any atom is 0.508 e. The summed E-state index contributed by atoms with van der Waals surface area (Å²) in [6.45, 7) is 8.48. The molecule has 0 aromatic rings. The molecular formula is C15H30O6. The number of rotatable bonds is 15. The van der Waals surface area contributed by atoms with Crippen LogP contribution in [0.25, 0.3) is 0 Å². The highest BCUT2D eigenvalue weighted by molar-refractivity contribution is 5.59. The van der Waals surface area contributed by atoms with Gasteiger partial charge in [-0.1, -0.05) is 13.3 Å². The number of hydrogen-bond donors (Lipinski definition) is 0. The molecular weight excluding hydrogens is 276 g/mol. The zero-order valence-corrected chi connectivity index (χ0v) is 13.4. The number of carbonyl (C=O) groups is 1. The Labute approximate surface area is 128 Å². The summed E-state index contributed by atoms with van der Waals surface area (Å²) in [6, 6.07) is 0. The largest absolute Gasteiger partial charge is 0.508 e. The van der Waals surface area contributed by atoms with Gasteiger partial charge in [0.15, 0.2) is 0 Å². The van der Waals surface area contributed by atoms with Gasteiger partial charge in [0.1, 0.15) is 0 Å². The van der Waals surface area contributed by atoms with Crippen molar-refractivity contribution < 1.29 is 28.5 Å². The zero-order chi connectivity index (χ0) is 15.6. The van der Waals surface area contributed by atoms with Crippen LogP contribution < -0.4 is 0 Å². The third kappa shape index (κ3) is 17.1. The van der Waals surface area contributed by atoms with E-state index >= 15 is 0 Å². The lowest BCUT2D eigenvalue weighted by Gasteiger charge is -2.07. The first-order chi connectivity index (χ1) is 10.3. The van der Waals surface area contributed by atoms with Crippen LogP contribution in [0.5, 0.6) is 0 Å². The van der Waals surface area contributed by atoms with Gasteiger partial charge < -0.3 is 23.7 Å². The smallest absolute Gasteiger partial charge is 0.434 e. The molecule has 0 radical (unpaired) electrons. The van der Waals surface area contributed by atoms with Crippen LogP contribution >= 0.6 is 0 Å². The highest BCUT2D eigenvalue weighted by atomic mass is 16.7. The van der Waals surface area contributed by atoms with E-state index in [4.69, 9.17) is 23.7 Å². The molecule has 6 nitrogen and oxygen atoms in total. The highest BCUT2D eigenvalue weighted by Crippen LogP contribution is 1.94. The standard InChI is InChI=1S/C15H30O6/c1-3-5-8-18-9-6-11-20-15(16)21-12-7-10-19-14-13-17-4-2/h3-14H2,1-2H3. The Balaban J connectivity index is 3.13. The van der Waals surface area contributed by atoms with Crippen LogP contribution in [0.4, 0.5) is 4.79 Å². The Morgan fingerprint density at radius 2 is 1.19 bits per heavy atom. The molecule has 0 rings (SSSR count). The topological polar surface area (TPSA) is 63.2 Å². The second kappa shape index (κ2) is 17.2.